The molecular weight excluding hydrogens is 294 g/mol. The second-order valence-corrected chi connectivity index (χ2v) is 6.48. The Labute approximate surface area is 136 Å². The molecule has 1 aliphatic heterocycles. The van der Waals surface area contributed by atoms with Crippen molar-refractivity contribution in [3.63, 3.8) is 0 Å². The van der Waals surface area contributed by atoms with Gasteiger partial charge < -0.3 is 4.79 Å². The fourth-order valence-electron chi connectivity index (χ4n) is 3.21. The molecule has 3 rings (SSSR count). The molecule has 0 amide bonds. The average Bonchev–Trinajstić information content (AvgIpc) is 2.57. The van der Waals surface area contributed by atoms with Crippen LogP contribution in [0.5, 0.6) is 0 Å². The number of hydrogen-bond acceptors (Lipinski definition) is 2. The highest BCUT2D eigenvalue weighted by Gasteiger charge is 2.35. The Hall–Kier alpha value is -1.64. The number of piperidine rings is 1. The number of likely N-dealkylation sites (tertiary alicyclic amines) is 1. The summed E-state index contributed by atoms with van der Waals surface area (Å²) in [5.74, 6) is 0. The predicted octanol–water partition coefficient (Wildman–Crippen LogP) is 4.07. The van der Waals surface area contributed by atoms with E-state index in [1.54, 1.807) is 0 Å². The predicted molar refractivity (Wildman–Crippen MR) is 90.1 cm³/mol. The highest BCUT2D eigenvalue weighted by Crippen LogP contribution is 2.34. The van der Waals surface area contributed by atoms with Crippen LogP contribution < -0.4 is 0 Å². The first kappa shape index (κ1) is 15.3. The number of nitrogens with zero attached hydrogens (tertiary/aromatic N) is 1. The topological polar surface area (TPSA) is 20.3 Å². The molecule has 1 aliphatic rings. The van der Waals surface area contributed by atoms with Crippen molar-refractivity contribution in [3.8, 4) is 0 Å². The molecule has 0 saturated carbocycles. The zero-order chi connectivity index (χ0) is 15.4. The van der Waals surface area contributed by atoms with Crippen molar-refractivity contribution >= 4 is 17.9 Å². The lowest BCUT2D eigenvalue weighted by atomic mass is 9.74. The maximum atomic E-state index is 11.8. The summed E-state index contributed by atoms with van der Waals surface area (Å²) in [6.45, 7) is 2.84. The molecule has 114 valence electrons. The zero-order valence-electron chi connectivity index (χ0n) is 12.5. The minimum absolute atomic E-state index is 0.349. The van der Waals surface area contributed by atoms with Crippen LogP contribution in [0.25, 0.3) is 0 Å². The van der Waals surface area contributed by atoms with Gasteiger partial charge in [0.1, 0.15) is 6.29 Å². The summed E-state index contributed by atoms with van der Waals surface area (Å²) in [5.41, 5.74) is 2.07. The summed E-state index contributed by atoms with van der Waals surface area (Å²) in [6, 6.07) is 18.2. The normalized spacial score (nSPS) is 18.0. The van der Waals surface area contributed by atoms with Crippen molar-refractivity contribution in [1.82, 2.24) is 4.90 Å². The zero-order valence-corrected chi connectivity index (χ0v) is 13.3. The van der Waals surface area contributed by atoms with Gasteiger partial charge in [-0.25, -0.2) is 0 Å². The van der Waals surface area contributed by atoms with Gasteiger partial charge in [-0.1, -0.05) is 54.1 Å². The second kappa shape index (κ2) is 6.64. The number of aldehydes is 1. The molecule has 0 spiro atoms. The molecule has 0 N–H and O–H groups in total. The number of carbonyl (C=O) groups excluding carboxylic acids is 1. The molecule has 22 heavy (non-hydrogen) atoms. The first-order valence-electron chi connectivity index (χ1n) is 7.70. The van der Waals surface area contributed by atoms with Gasteiger partial charge in [0, 0.05) is 11.6 Å². The second-order valence-electron chi connectivity index (χ2n) is 6.04. The third-order valence-electron chi connectivity index (χ3n) is 4.64. The summed E-state index contributed by atoms with van der Waals surface area (Å²) in [4.78, 5) is 14.2. The number of rotatable bonds is 4. The van der Waals surface area contributed by atoms with Gasteiger partial charge in [-0.15, -0.1) is 0 Å². The summed E-state index contributed by atoms with van der Waals surface area (Å²) in [6.07, 6.45) is 2.87. The van der Waals surface area contributed by atoms with Crippen LogP contribution in [0.15, 0.2) is 54.6 Å². The summed E-state index contributed by atoms with van der Waals surface area (Å²) < 4.78 is 0. The van der Waals surface area contributed by atoms with E-state index < -0.39 is 0 Å². The van der Waals surface area contributed by atoms with Gasteiger partial charge in [0.2, 0.25) is 0 Å². The van der Waals surface area contributed by atoms with E-state index in [2.05, 4.69) is 29.2 Å². The molecule has 1 saturated heterocycles. The van der Waals surface area contributed by atoms with Gasteiger partial charge in [0.05, 0.1) is 5.41 Å². The Morgan fingerprint density at radius 3 is 2.23 bits per heavy atom. The molecule has 1 fully saturated rings. The van der Waals surface area contributed by atoms with Crippen LogP contribution in [-0.4, -0.2) is 24.3 Å². The van der Waals surface area contributed by atoms with Crippen molar-refractivity contribution in [1.29, 1.82) is 0 Å². The molecular formula is C19H20ClNO. The highest BCUT2D eigenvalue weighted by atomic mass is 35.5. The summed E-state index contributed by atoms with van der Waals surface area (Å²) in [5, 5.41) is 0.714. The molecule has 1 heterocycles. The van der Waals surface area contributed by atoms with E-state index in [0.717, 1.165) is 44.3 Å². The summed E-state index contributed by atoms with van der Waals surface area (Å²) >= 11 is 5.96. The van der Waals surface area contributed by atoms with Gasteiger partial charge >= 0.3 is 0 Å². The van der Waals surface area contributed by atoms with Gasteiger partial charge in [-0.3, -0.25) is 4.90 Å². The van der Waals surface area contributed by atoms with Crippen molar-refractivity contribution in [2.45, 2.75) is 24.8 Å². The van der Waals surface area contributed by atoms with Crippen LogP contribution >= 0.6 is 11.6 Å². The van der Waals surface area contributed by atoms with Crippen molar-refractivity contribution in [2.75, 3.05) is 13.1 Å². The van der Waals surface area contributed by atoms with Crippen LogP contribution in [0.3, 0.4) is 0 Å². The van der Waals surface area contributed by atoms with E-state index in [1.807, 2.05) is 30.3 Å². The fourth-order valence-corrected chi connectivity index (χ4v) is 3.33. The number of carbonyl (C=O) groups is 1. The molecule has 2 aromatic rings. The largest absolute Gasteiger partial charge is 0.302 e. The molecule has 0 aliphatic carbocycles. The maximum absolute atomic E-state index is 11.8. The molecule has 0 atom stereocenters. The minimum Gasteiger partial charge on any atom is -0.302 e. The summed E-state index contributed by atoms with van der Waals surface area (Å²) in [7, 11) is 0. The highest BCUT2D eigenvalue weighted by molar-refractivity contribution is 6.30. The van der Waals surface area contributed by atoms with Crippen molar-refractivity contribution in [3.05, 3.63) is 70.7 Å². The fraction of sp³-hybridized carbons (Fsp3) is 0.316. The molecule has 0 bridgehead atoms. The molecule has 0 aromatic heterocycles. The van der Waals surface area contributed by atoms with Crippen LogP contribution in [0.1, 0.15) is 24.0 Å². The Morgan fingerprint density at radius 2 is 1.64 bits per heavy atom. The van der Waals surface area contributed by atoms with Crippen LogP contribution in [0.4, 0.5) is 0 Å². The first-order valence-corrected chi connectivity index (χ1v) is 8.08. The van der Waals surface area contributed by atoms with E-state index in [1.165, 1.54) is 5.56 Å². The monoisotopic (exact) mass is 313 g/mol. The van der Waals surface area contributed by atoms with Gasteiger partial charge in [0.15, 0.2) is 0 Å². The Morgan fingerprint density at radius 1 is 1.00 bits per heavy atom. The molecule has 0 radical (unpaired) electrons. The standard InChI is InChI=1S/C19H20ClNO/c20-18-8-6-17(7-9-18)19(15-22)10-12-21(13-11-19)14-16-4-2-1-3-5-16/h1-9,15H,10-14H2. The molecule has 3 heteroatoms. The average molecular weight is 314 g/mol. The smallest absolute Gasteiger partial charge is 0.130 e. The molecule has 2 nitrogen and oxygen atoms in total. The number of hydrogen-bond donors (Lipinski definition) is 0. The van der Waals surface area contributed by atoms with Gasteiger partial charge in [-0.2, -0.15) is 0 Å². The van der Waals surface area contributed by atoms with Crippen molar-refractivity contribution < 1.29 is 4.79 Å². The van der Waals surface area contributed by atoms with Crippen LogP contribution in [-0.2, 0) is 16.8 Å². The number of halogens is 1. The van der Waals surface area contributed by atoms with E-state index in [0.29, 0.717) is 5.02 Å². The van der Waals surface area contributed by atoms with Crippen LogP contribution in [0.2, 0.25) is 5.02 Å². The van der Waals surface area contributed by atoms with Gasteiger partial charge in [0.25, 0.3) is 0 Å². The lowest BCUT2D eigenvalue weighted by Gasteiger charge is -2.38. The lowest BCUT2D eigenvalue weighted by Crippen LogP contribution is -2.43. The quantitative estimate of drug-likeness (QED) is 0.793. The van der Waals surface area contributed by atoms with Gasteiger partial charge in [-0.05, 0) is 49.2 Å². The Kier molecular flexibility index (Phi) is 4.60. The third kappa shape index (κ3) is 3.23. The molecule has 2 aromatic carbocycles. The minimum atomic E-state index is -0.349. The SMILES string of the molecule is O=CC1(c2ccc(Cl)cc2)CCN(Cc2ccccc2)CC1. The van der Waals surface area contributed by atoms with E-state index in [-0.39, 0.29) is 5.41 Å². The third-order valence-corrected chi connectivity index (χ3v) is 4.89. The van der Waals surface area contributed by atoms with E-state index in [9.17, 15) is 4.79 Å². The Bertz CT molecular complexity index is 616. The lowest BCUT2D eigenvalue weighted by molar-refractivity contribution is -0.114. The van der Waals surface area contributed by atoms with E-state index in [4.69, 9.17) is 11.6 Å². The Balaban J connectivity index is 1.68. The van der Waals surface area contributed by atoms with Crippen molar-refractivity contribution in [2.24, 2.45) is 0 Å². The number of benzene rings is 2. The van der Waals surface area contributed by atoms with Crippen LogP contribution in [0, 0.1) is 0 Å². The first-order chi connectivity index (χ1) is 10.7. The van der Waals surface area contributed by atoms with E-state index >= 15 is 0 Å². The maximum Gasteiger partial charge on any atom is 0.130 e. The molecule has 0 unspecified atom stereocenters.